The van der Waals surface area contributed by atoms with Crippen LogP contribution in [0.15, 0.2) is 54.6 Å². The fourth-order valence-electron chi connectivity index (χ4n) is 4.19. The van der Waals surface area contributed by atoms with E-state index >= 15 is 0 Å². The molecule has 0 spiro atoms. The minimum absolute atomic E-state index is 0.0553. The summed E-state index contributed by atoms with van der Waals surface area (Å²) in [5.74, 6) is -0.176. The highest BCUT2D eigenvalue weighted by Crippen LogP contribution is 2.40. The molecule has 1 saturated carbocycles. The lowest BCUT2D eigenvalue weighted by molar-refractivity contribution is 0.0737. The van der Waals surface area contributed by atoms with Crippen molar-refractivity contribution in [1.82, 2.24) is 14.7 Å². The fraction of sp³-hybridized carbons (Fsp3) is 0.320. The number of hydrogen-bond donors (Lipinski definition) is 0. The van der Waals surface area contributed by atoms with Crippen LogP contribution in [0.25, 0.3) is 5.69 Å². The molecule has 0 bridgehead atoms. The van der Waals surface area contributed by atoms with Crippen LogP contribution in [0.2, 0.25) is 0 Å². The fourth-order valence-corrected chi connectivity index (χ4v) is 4.19. The van der Waals surface area contributed by atoms with E-state index in [9.17, 15) is 14.0 Å². The Bertz CT molecular complexity index is 1160. The van der Waals surface area contributed by atoms with Gasteiger partial charge in [-0.3, -0.25) is 9.59 Å². The molecule has 7 heteroatoms. The van der Waals surface area contributed by atoms with Crippen LogP contribution in [0.3, 0.4) is 0 Å². The SMILES string of the molecule is CC(=O)c1ccc(N2CCN(C(=O)c3cc(C4CC4)nn3-c3ccccc3)CC2)c(F)c1. The molecule has 0 radical (unpaired) electrons. The van der Waals surface area contributed by atoms with E-state index in [0.717, 1.165) is 24.2 Å². The molecule has 2 heterocycles. The molecule has 1 aliphatic heterocycles. The van der Waals surface area contributed by atoms with Gasteiger partial charge in [0.25, 0.3) is 5.91 Å². The molecule has 0 atom stereocenters. The number of hydrogen-bond acceptors (Lipinski definition) is 4. The van der Waals surface area contributed by atoms with Crippen molar-refractivity contribution in [2.75, 3.05) is 31.1 Å². The van der Waals surface area contributed by atoms with Crippen LogP contribution in [0.4, 0.5) is 10.1 Å². The van der Waals surface area contributed by atoms with Gasteiger partial charge < -0.3 is 9.80 Å². The molecule has 32 heavy (non-hydrogen) atoms. The highest BCUT2D eigenvalue weighted by molar-refractivity contribution is 5.94. The molecule has 164 valence electrons. The van der Waals surface area contributed by atoms with Crippen molar-refractivity contribution in [2.24, 2.45) is 0 Å². The number of benzene rings is 2. The lowest BCUT2D eigenvalue weighted by Gasteiger charge is -2.36. The van der Waals surface area contributed by atoms with Crippen LogP contribution in [0.1, 0.15) is 52.2 Å². The Morgan fingerprint density at radius 2 is 1.69 bits per heavy atom. The van der Waals surface area contributed by atoms with E-state index in [2.05, 4.69) is 0 Å². The normalized spacial score (nSPS) is 16.3. The van der Waals surface area contributed by atoms with Crippen molar-refractivity contribution in [3.63, 3.8) is 0 Å². The van der Waals surface area contributed by atoms with Gasteiger partial charge in [0, 0.05) is 37.7 Å². The van der Waals surface area contributed by atoms with E-state index in [4.69, 9.17) is 5.10 Å². The van der Waals surface area contributed by atoms with E-state index in [-0.39, 0.29) is 11.7 Å². The topological polar surface area (TPSA) is 58.4 Å². The maximum Gasteiger partial charge on any atom is 0.272 e. The van der Waals surface area contributed by atoms with Gasteiger partial charge >= 0.3 is 0 Å². The summed E-state index contributed by atoms with van der Waals surface area (Å²) >= 11 is 0. The number of carbonyl (C=O) groups is 2. The largest absolute Gasteiger partial charge is 0.366 e. The number of piperazine rings is 1. The van der Waals surface area contributed by atoms with Crippen molar-refractivity contribution >= 4 is 17.4 Å². The quantitative estimate of drug-likeness (QED) is 0.571. The van der Waals surface area contributed by atoms with Crippen molar-refractivity contribution in [2.45, 2.75) is 25.7 Å². The predicted octanol–water partition coefficient (Wildman–Crippen LogP) is 4.05. The van der Waals surface area contributed by atoms with Crippen LogP contribution in [0.5, 0.6) is 0 Å². The first kappa shape index (κ1) is 20.4. The van der Waals surface area contributed by atoms with Gasteiger partial charge in [0.2, 0.25) is 0 Å². The van der Waals surface area contributed by atoms with Crippen LogP contribution >= 0.6 is 0 Å². The molecule has 2 fully saturated rings. The molecule has 1 saturated heterocycles. The van der Waals surface area contributed by atoms with Crippen molar-refractivity contribution in [1.29, 1.82) is 0 Å². The number of para-hydroxylation sites is 1. The summed E-state index contributed by atoms with van der Waals surface area (Å²) < 4.78 is 16.3. The van der Waals surface area contributed by atoms with Gasteiger partial charge in [0.05, 0.1) is 17.1 Å². The van der Waals surface area contributed by atoms with Crippen molar-refractivity contribution < 1.29 is 14.0 Å². The first-order chi connectivity index (χ1) is 15.5. The molecule has 6 nitrogen and oxygen atoms in total. The predicted molar refractivity (Wildman–Crippen MR) is 120 cm³/mol. The first-order valence-electron chi connectivity index (χ1n) is 11.0. The third-order valence-corrected chi connectivity index (χ3v) is 6.21. The zero-order chi connectivity index (χ0) is 22.2. The van der Waals surface area contributed by atoms with Crippen LogP contribution < -0.4 is 4.90 Å². The second-order valence-electron chi connectivity index (χ2n) is 8.48. The van der Waals surface area contributed by atoms with E-state index in [0.29, 0.717) is 49.0 Å². The number of amides is 1. The molecule has 1 aliphatic carbocycles. The summed E-state index contributed by atoms with van der Waals surface area (Å²) in [7, 11) is 0. The van der Waals surface area contributed by atoms with Gasteiger partial charge in [-0.05, 0) is 56.2 Å². The average molecular weight is 432 g/mol. The number of ketones is 1. The van der Waals surface area contributed by atoms with Gasteiger partial charge in [0.15, 0.2) is 5.78 Å². The van der Waals surface area contributed by atoms with Crippen LogP contribution in [0, 0.1) is 5.82 Å². The number of halogens is 1. The molecule has 1 amide bonds. The summed E-state index contributed by atoms with van der Waals surface area (Å²) in [6.07, 6.45) is 2.23. The zero-order valence-corrected chi connectivity index (χ0v) is 18.0. The Kier molecular flexibility index (Phi) is 5.25. The minimum atomic E-state index is -0.409. The summed E-state index contributed by atoms with van der Waals surface area (Å²) in [4.78, 5) is 28.6. The minimum Gasteiger partial charge on any atom is -0.366 e. The van der Waals surface area contributed by atoms with Crippen LogP contribution in [-0.4, -0.2) is 52.5 Å². The zero-order valence-electron chi connectivity index (χ0n) is 18.0. The van der Waals surface area contributed by atoms with Crippen LogP contribution in [-0.2, 0) is 0 Å². The average Bonchev–Trinajstić information content (AvgIpc) is 3.57. The lowest BCUT2D eigenvalue weighted by Crippen LogP contribution is -2.49. The van der Waals surface area contributed by atoms with E-state index < -0.39 is 5.82 Å². The number of carbonyl (C=O) groups excluding carboxylic acids is 2. The van der Waals surface area contributed by atoms with Crippen molar-refractivity contribution in [3.05, 3.63) is 77.4 Å². The van der Waals surface area contributed by atoms with E-state index in [1.165, 1.54) is 13.0 Å². The third kappa shape index (κ3) is 3.90. The monoisotopic (exact) mass is 432 g/mol. The van der Waals surface area contributed by atoms with Gasteiger partial charge in [0.1, 0.15) is 11.5 Å². The highest BCUT2D eigenvalue weighted by Gasteiger charge is 2.31. The smallest absolute Gasteiger partial charge is 0.272 e. The maximum atomic E-state index is 14.6. The molecule has 1 aromatic heterocycles. The Morgan fingerprint density at radius 3 is 2.31 bits per heavy atom. The van der Waals surface area contributed by atoms with Gasteiger partial charge in [-0.15, -0.1) is 0 Å². The van der Waals surface area contributed by atoms with Crippen molar-refractivity contribution in [3.8, 4) is 5.69 Å². The Balaban J connectivity index is 1.33. The number of Topliss-reactive ketones (excluding diaryl/α,β-unsaturated/α-hetero) is 1. The number of rotatable bonds is 5. The summed E-state index contributed by atoms with van der Waals surface area (Å²) in [5, 5.41) is 4.74. The molecule has 0 N–H and O–H groups in total. The summed E-state index contributed by atoms with van der Waals surface area (Å²) in [5.41, 5.74) is 3.24. The summed E-state index contributed by atoms with van der Waals surface area (Å²) in [6, 6.07) is 16.2. The van der Waals surface area contributed by atoms with Gasteiger partial charge in [-0.1, -0.05) is 18.2 Å². The second-order valence-corrected chi connectivity index (χ2v) is 8.48. The molecule has 2 aromatic carbocycles. The third-order valence-electron chi connectivity index (χ3n) is 6.21. The Hall–Kier alpha value is -3.48. The van der Waals surface area contributed by atoms with E-state index in [1.807, 2.05) is 46.2 Å². The maximum absolute atomic E-state index is 14.6. The standard InChI is InChI=1S/C25H25FN4O2/c1-17(31)19-9-10-23(21(26)15-19)28-11-13-29(14-12-28)25(32)24-16-22(18-7-8-18)27-30(24)20-5-3-2-4-6-20/h2-6,9-10,15-16,18H,7-8,11-14H2,1H3. The molecule has 2 aliphatic rings. The van der Waals surface area contributed by atoms with E-state index in [1.54, 1.807) is 16.8 Å². The molecule has 5 rings (SSSR count). The molecular weight excluding hydrogens is 407 g/mol. The van der Waals surface area contributed by atoms with Gasteiger partial charge in [-0.25, -0.2) is 9.07 Å². The summed E-state index contributed by atoms with van der Waals surface area (Å²) in [6.45, 7) is 3.46. The Labute approximate surface area is 186 Å². The number of anilines is 1. The highest BCUT2D eigenvalue weighted by atomic mass is 19.1. The second kappa shape index (κ2) is 8.22. The molecule has 3 aromatic rings. The molecular formula is C25H25FN4O2. The lowest BCUT2D eigenvalue weighted by atomic mass is 10.1. The number of aromatic nitrogens is 2. The number of nitrogens with zero attached hydrogens (tertiary/aromatic N) is 4. The first-order valence-corrected chi connectivity index (χ1v) is 11.0. The Morgan fingerprint density at radius 1 is 0.969 bits per heavy atom. The molecule has 0 unspecified atom stereocenters. The van der Waals surface area contributed by atoms with Gasteiger partial charge in [-0.2, -0.15) is 5.10 Å².